The second-order valence-corrected chi connectivity index (χ2v) is 5.80. The normalized spacial score (nSPS) is 9.83. The Morgan fingerprint density at radius 2 is 0.696 bits per heavy atom. The topological polar surface area (TPSA) is 204 Å². The molecule has 148 valence electrons. The first-order valence-corrected chi connectivity index (χ1v) is 10.3. The predicted molar refractivity (Wildman–Crippen MR) is 78.5 cm³/mol. The van der Waals surface area contributed by atoms with E-state index in [1.165, 1.54) is 51.4 Å². The average molecular weight is 380 g/mol. The van der Waals surface area contributed by atoms with Gasteiger partial charge in [0.2, 0.25) is 0 Å². The molecule has 0 heterocycles. The maximum atomic E-state index is 8.55. The van der Waals surface area contributed by atoms with E-state index in [4.69, 9.17) is 38.5 Å². The fraction of sp³-hybridized carbons (Fsp3) is 1.00. The lowest BCUT2D eigenvalue weighted by atomic mass is 10.1. The van der Waals surface area contributed by atoms with E-state index in [9.17, 15) is 0 Å². The Morgan fingerprint density at radius 3 is 0.826 bits per heavy atom. The van der Waals surface area contributed by atoms with E-state index in [0.717, 1.165) is 0 Å². The van der Waals surface area contributed by atoms with Crippen molar-refractivity contribution in [3.8, 4) is 0 Å². The summed E-state index contributed by atoms with van der Waals surface area (Å²) in [6.07, 6.45) is 11.5. The molecule has 0 saturated carbocycles. The first-order chi connectivity index (χ1) is 9.91. The van der Waals surface area contributed by atoms with Crippen LogP contribution in [0.1, 0.15) is 79.1 Å². The van der Waals surface area contributed by atoms with Crippen molar-refractivity contribution in [3.05, 3.63) is 0 Å². The van der Waals surface area contributed by atoms with Crippen LogP contribution in [-0.2, 0) is 9.13 Å². The van der Waals surface area contributed by atoms with E-state index in [-0.39, 0.29) is 5.48 Å². The summed E-state index contributed by atoms with van der Waals surface area (Å²) in [6, 6.07) is 0. The Balaban J connectivity index is -0.0000000711. The molecular formula is C12H30O9P2-6. The van der Waals surface area contributed by atoms with Gasteiger partial charge in [-0.1, -0.05) is 79.1 Å². The largest absolute Gasteiger partial charge is 0.822 e. The van der Waals surface area contributed by atoms with Gasteiger partial charge in [-0.3, -0.25) is 0 Å². The first kappa shape index (κ1) is 34.5. The van der Waals surface area contributed by atoms with Crippen LogP contribution in [0, 0.1) is 0 Å². The average Bonchev–Trinajstić information content (AvgIpc) is 2.32. The van der Waals surface area contributed by atoms with Crippen LogP contribution in [-0.4, -0.2) is 5.48 Å². The van der Waals surface area contributed by atoms with Gasteiger partial charge >= 0.3 is 0 Å². The molecule has 0 radical (unpaired) electrons. The smallest absolute Gasteiger partial charge is 0.0533 e. The van der Waals surface area contributed by atoms with Crippen LogP contribution in [0.25, 0.3) is 0 Å². The summed E-state index contributed by atoms with van der Waals surface area (Å²) in [5, 5.41) is 0. The maximum Gasteiger partial charge on any atom is -0.0533 e. The molecule has 0 amide bonds. The molecule has 0 aromatic heterocycles. The highest BCUT2D eigenvalue weighted by atomic mass is 31.2. The Kier molecular flexibility index (Phi) is 36.7. The molecule has 2 N–H and O–H groups in total. The van der Waals surface area contributed by atoms with Crippen molar-refractivity contribution in [1.29, 1.82) is 0 Å². The highest BCUT2D eigenvalue weighted by Crippen LogP contribution is 2.07. The van der Waals surface area contributed by atoms with Crippen LogP contribution in [0.3, 0.4) is 0 Å². The van der Waals surface area contributed by atoms with E-state index in [0.29, 0.717) is 0 Å². The highest BCUT2D eigenvalue weighted by molar-refractivity contribution is 7.40. The molecule has 0 spiro atoms. The summed E-state index contributed by atoms with van der Waals surface area (Å²) >= 11 is 0. The molecule has 0 atom stereocenters. The van der Waals surface area contributed by atoms with E-state index < -0.39 is 15.6 Å². The minimum Gasteiger partial charge on any atom is -0.822 e. The number of phosphoric acid groups is 2. The van der Waals surface area contributed by atoms with Crippen LogP contribution in [0.2, 0.25) is 0 Å². The summed E-state index contributed by atoms with van der Waals surface area (Å²) in [5.74, 6) is 0. The number of unbranched alkanes of at least 4 members (excludes halogenated alkanes) is 7. The summed E-state index contributed by atoms with van der Waals surface area (Å²) in [5.41, 5.74) is 0. The maximum absolute atomic E-state index is 8.55. The molecule has 0 aliphatic rings. The molecular weight excluding hydrogens is 350 g/mol. The lowest BCUT2D eigenvalue weighted by Crippen LogP contribution is -2.24. The van der Waals surface area contributed by atoms with Crippen LogP contribution < -0.4 is 29.4 Å². The molecule has 0 unspecified atom stereocenters. The lowest BCUT2D eigenvalue weighted by molar-refractivity contribution is -0.434. The third-order valence-electron chi connectivity index (χ3n) is 1.96. The Morgan fingerprint density at radius 1 is 0.565 bits per heavy atom. The molecule has 0 rings (SSSR count). The van der Waals surface area contributed by atoms with Gasteiger partial charge in [0.15, 0.2) is 0 Å². The van der Waals surface area contributed by atoms with Crippen LogP contribution in [0.15, 0.2) is 0 Å². The van der Waals surface area contributed by atoms with E-state index in [1.807, 2.05) is 13.8 Å². The van der Waals surface area contributed by atoms with E-state index in [2.05, 4.69) is 13.8 Å². The zero-order chi connectivity index (χ0) is 18.7. The zero-order valence-corrected chi connectivity index (χ0v) is 16.1. The molecule has 11 heteroatoms. The highest BCUT2D eigenvalue weighted by Gasteiger charge is 1.87. The van der Waals surface area contributed by atoms with Crippen LogP contribution in [0.4, 0.5) is 0 Å². The molecule has 0 aromatic rings. The van der Waals surface area contributed by atoms with Crippen molar-refractivity contribution < 1.29 is 44.0 Å². The monoisotopic (exact) mass is 380 g/mol. The van der Waals surface area contributed by atoms with Gasteiger partial charge in [0, 0.05) is 0 Å². The minimum atomic E-state index is -5.39. The van der Waals surface area contributed by atoms with Gasteiger partial charge in [-0.05, 0) is 0 Å². The quantitative estimate of drug-likeness (QED) is 0.382. The van der Waals surface area contributed by atoms with Crippen molar-refractivity contribution in [3.63, 3.8) is 0 Å². The Hall–Kier alpha value is 0.180. The van der Waals surface area contributed by atoms with E-state index >= 15 is 0 Å². The van der Waals surface area contributed by atoms with Crippen molar-refractivity contribution in [2.24, 2.45) is 0 Å². The zero-order valence-electron chi connectivity index (χ0n) is 14.3. The predicted octanol–water partition coefficient (Wildman–Crippen LogP) is -1.30. The minimum absolute atomic E-state index is 0. The summed E-state index contributed by atoms with van der Waals surface area (Å²) in [4.78, 5) is 51.3. The third kappa shape index (κ3) is 175. The second-order valence-electron chi connectivity index (χ2n) is 4.02. The molecule has 9 nitrogen and oxygen atoms in total. The van der Waals surface area contributed by atoms with Crippen molar-refractivity contribution in [2.45, 2.75) is 79.1 Å². The molecule has 23 heavy (non-hydrogen) atoms. The van der Waals surface area contributed by atoms with Gasteiger partial charge in [0.1, 0.15) is 0 Å². The van der Waals surface area contributed by atoms with E-state index in [1.54, 1.807) is 0 Å². The van der Waals surface area contributed by atoms with Gasteiger partial charge in [-0.2, -0.15) is 15.6 Å². The van der Waals surface area contributed by atoms with Crippen LogP contribution >= 0.6 is 15.6 Å². The molecule has 0 saturated heterocycles. The molecule has 0 fully saturated rings. The standard InChI is InChI=1S/C10H22.C2H6.2H3O4P.H2O/c1-3-5-7-9-10-8-6-4-2;1-2;2*1-5(2,3)4;/h3-10H2,1-2H3;1-2H3;2*(H3,1,2,3,4);1H2/p-6. The molecule has 0 aromatic carbocycles. The van der Waals surface area contributed by atoms with Crippen molar-refractivity contribution in [2.75, 3.05) is 0 Å². The SMILES string of the molecule is CC.CCCCCCCCCC.O.O=P([O-])([O-])[O-].O=P([O-])([O-])[O-]. The van der Waals surface area contributed by atoms with Gasteiger partial charge in [-0.15, -0.1) is 0 Å². The lowest BCUT2D eigenvalue weighted by Gasteiger charge is -2.36. The van der Waals surface area contributed by atoms with Gasteiger partial charge in [0.25, 0.3) is 0 Å². The summed E-state index contributed by atoms with van der Waals surface area (Å²) < 4.78 is 17.1. The summed E-state index contributed by atoms with van der Waals surface area (Å²) in [7, 11) is -10.8. The molecule has 0 bridgehead atoms. The van der Waals surface area contributed by atoms with Crippen LogP contribution in [0.5, 0.6) is 0 Å². The summed E-state index contributed by atoms with van der Waals surface area (Å²) in [6.45, 7) is 8.54. The number of hydrogen-bond acceptors (Lipinski definition) is 8. The van der Waals surface area contributed by atoms with Gasteiger partial charge < -0.3 is 44.0 Å². The van der Waals surface area contributed by atoms with Gasteiger partial charge in [-0.25, -0.2) is 0 Å². The first-order valence-electron chi connectivity index (χ1n) is 7.37. The third-order valence-corrected chi connectivity index (χ3v) is 1.96. The van der Waals surface area contributed by atoms with Crippen molar-refractivity contribution in [1.82, 2.24) is 0 Å². The number of hydrogen-bond donors (Lipinski definition) is 0. The fourth-order valence-electron chi connectivity index (χ4n) is 1.21. The Labute approximate surface area is 139 Å². The molecule has 0 aliphatic carbocycles. The number of rotatable bonds is 7. The Bertz CT molecular complexity index is 231. The fourth-order valence-corrected chi connectivity index (χ4v) is 1.21. The van der Waals surface area contributed by atoms with Gasteiger partial charge in [0.05, 0.1) is 0 Å². The molecule has 0 aliphatic heterocycles. The second kappa shape index (κ2) is 24.4. The van der Waals surface area contributed by atoms with Crippen molar-refractivity contribution >= 4 is 15.6 Å².